The fourth-order valence-corrected chi connectivity index (χ4v) is 2.05. The van der Waals surface area contributed by atoms with E-state index in [-0.39, 0.29) is 5.41 Å². The second-order valence-corrected chi connectivity index (χ2v) is 5.04. The highest BCUT2D eigenvalue weighted by atomic mass is 32.2. The first-order chi connectivity index (χ1) is 6.49. The van der Waals surface area contributed by atoms with E-state index in [1.54, 1.807) is 18.0 Å². The number of aromatic nitrogens is 1. The summed E-state index contributed by atoms with van der Waals surface area (Å²) < 4.78 is 0. The molecule has 0 N–H and O–H groups in total. The van der Waals surface area contributed by atoms with E-state index in [4.69, 9.17) is 0 Å². The minimum Gasteiger partial charge on any atom is -0.298 e. The van der Waals surface area contributed by atoms with Crippen molar-refractivity contribution in [1.82, 2.24) is 4.98 Å². The quantitative estimate of drug-likeness (QED) is 0.554. The SMILES string of the molecule is CSc1cc(C=O)cnc1C(C)(C)C. The van der Waals surface area contributed by atoms with Crippen molar-refractivity contribution < 1.29 is 4.79 Å². The minimum atomic E-state index is 0.0275. The standard InChI is InChI=1S/C11H15NOS/c1-11(2,3)10-9(14-4)5-8(7-13)6-12-10/h5-7H,1-4H3. The molecule has 0 unspecified atom stereocenters. The van der Waals surface area contributed by atoms with Crippen LogP contribution < -0.4 is 0 Å². The number of hydrogen-bond acceptors (Lipinski definition) is 3. The zero-order chi connectivity index (χ0) is 10.8. The third-order valence-electron chi connectivity index (χ3n) is 1.94. The Morgan fingerprint density at radius 2 is 2.07 bits per heavy atom. The first-order valence-electron chi connectivity index (χ1n) is 4.48. The Hall–Kier alpha value is -0.830. The Morgan fingerprint density at radius 1 is 1.43 bits per heavy atom. The van der Waals surface area contributed by atoms with Crippen molar-refractivity contribution >= 4 is 18.0 Å². The second kappa shape index (κ2) is 4.13. The maximum absolute atomic E-state index is 10.6. The molecule has 0 aliphatic heterocycles. The summed E-state index contributed by atoms with van der Waals surface area (Å²) in [7, 11) is 0. The molecule has 0 aliphatic rings. The first-order valence-corrected chi connectivity index (χ1v) is 5.71. The molecule has 0 fully saturated rings. The van der Waals surface area contributed by atoms with Gasteiger partial charge in [0.05, 0.1) is 5.69 Å². The maximum atomic E-state index is 10.6. The van der Waals surface area contributed by atoms with Crippen molar-refractivity contribution in [2.45, 2.75) is 31.1 Å². The molecule has 0 saturated carbocycles. The molecular weight excluding hydrogens is 194 g/mol. The van der Waals surface area contributed by atoms with Gasteiger partial charge in [-0.3, -0.25) is 9.78 Å². The molecule has 76 valence electrons. The van der Waals surface area contributed by atoms with Crippen molar-refractivity contribution in [3.63, 3.8) is 0 Å². The Labute approximate surface area is 89.1 Å². The van der Waals surface area contributed by atoms with Gasteiger partial charge in [0.15, 0.2) is 6.29 Å². The van der Waals surface area contributed by atoms with Crippen molar-refractivity contribution in [3.8, 4) is 0 Å². The normalized spacial score (nSPS) is 11.4. The fraction of sp³-hybridized carbons (Fsp3) is 0.455. The molecule has 0 spiro atoms. The molecule has 0 atom stereocenters. The van der Waals surface area contributed by atoms with Gasteiger partial charge in [0.1, 0.15) is 0 Å². The molecule has 0 aliphatic carbocycles. The average molecular weight is 209 g/mol. The van der Waals surface area contributed by atoms with E-state index in [0.29, 0.717) is 5.56 Å². The molecule has 0 saturated heterocycles. The van der Waals surface area contributed by atoms with Crippen molar-refractivity contribution in [1.29, 1.82) is 0 Å². The largest absolute Gasteiger partial charge is 0.298 e. The summed E-state index contributed by atoms with van der Waals surface area (Å²) in [6.07, 6.45) is 4.47. The summed E-state index contributed by atoms with van der Waals surface area (Å²) in [6, 6.07) is 1.89. The average Bonchev–Trinajstić information content (AvgIpc) is 2.15. The van der Waals surface area contributed by atoms with Crippen LogP contribution in [0, 0.1) is 0 Å². The van der Waals surface area contributed by atoms with Gasteiger partial charge in [-0.15, -0.1) is 11.8 Å². The molecule has 0 radical (unpaired) electrons. The highest BCUT2D eigenvalue weighted by Crippen LogP contribution is 2.29. The predicted molar refractivity (Wildman–Crippen MR) is 60.1 cm³/mol. The lowest BCUT2D eigenvalue weighted by atomic mass is 9.91. The van der Waals surface area contributed by atoms with Crippen molar-refractivity contribution in [2.75, 3.05) is 6.26 Å². The number of rotatable bonds is 2. The molecular formula is C11H15NOS. The van der Waals surface area contributed by atoms with Crippen molar-refractivity contribution in [2.24, 2.45) is 0 Å². The summed E-state index contributed by atoms with van der Waals surface area (Å²) >= 11 is 1.63. The van der Waals surface area contributed by atoms with Crippen LogP contribution in [0.5, 0.6) is 0 Å². The van der Waals surface area contributed by atoms with Crippen LogP contribution in [-0.2, 0) is 5.41 Å². The Bertz CT molecular complexity index is 342. The molecule has 1 aromatic heterocycles. The number of thioether (sulfide) groups is 1. The van der Waals surface area contributed by atoms with E-state index in [0.717, 1.165) is 16.9 Å². The Morgan fingerprint density at radius 3 is 2.50 bits per heavy atom. The zero-order valence-corrected chi connectivity index (χ0v) is 9.81. The van der Waals surface area contributed by atoms with Gasteiger partial charge < -0.3 is 0 Å². The van der Waals surface area contributed by atoms with Gasteiger partial charge in [0, 0.05) is 22.1 Å². The number of nitrogens with zero attached hydrogens (tertiary/aromatic N) is 1. The van der Waals surface area contributed by atoms with E-state index in [9.17, 15) is 4.79 Å². The van der Waals surface area contributed by atoms with E-state index in [1.165, 1.54) is 0 Å². The van der Waals surface area contributed by atoms with Gasteiger partial charge >= 0.3 is 0 Å². The van der Waals surface area contributed by atoms with Crippen LogP contribution in [0.25, 0.3) is 0 Å². The molecule has 3 heteroatoms. The van der Waals surface area contributed by atoms with E-state index < -0.39 is 0 Å². The third-order valence-corrected chi connectivity index (χ3v) is 2.69. The second-order valence-electron chi connectivity index (χ2n) is 4.19. The van der Waals surface area contributed by atoms with Gasteiger partial charge in [-0.1, -0.05) is 20.8 Å². The monoisotopic (exact) mass is 209 g/mol. The Balaban J connectivity index is 3.25. The first kappa shape index (κ1) is 11.2. The van der Waals surface area contributed by atoms with Gasteiger partial charge in [-0.2, -0.15) is 0 Å². The summed E-state index contributed by atoms with van der Waals surface area (Å²) in [6.45, 7) is 6.36. The summed E-state index contributed by atoms with van der Waals surface area (Å²) in [5.41, 5.74) is 1.72. The molecule has 0 amide bonds. The molecule has 1 heterocycles. The lowest BCUT2D eigenvalue weighted by molar-refractivity contribution is 0.112. The van der Waals surface area contributed by atoms with E-state index in [1.807, 2.05) is 12.3 Å². The summed E-state index contributed by atoms with van der Waals surface area (Å²) in [5, 5.41) is 0. The Kier molecular flexibility index (Phi) is 3.32. The van der Waals surface area contributed by atoms with Crippen LogP contribution in [-0.4, -0.2) is 17.5 Å². The minimum absolute atomic E-state index is 0.0275. The van der Waals surface area contributed by atoms with Crippen molar-refractivity contribution in [3.05, 3.63) is 23.5 Å². The highest BCUT2D eigenvalue weighted by molar-refractivity contribution is 7.98. The zero-order valence-electron chi connectivity index (χ0n) is 9.00. The lowest BCUT2D eigenvalue weighted by Crippen LogP contribution is -2.15. The summed E-state index contributed by atoms with van der Waals surface area (Å²) in [4.78, 5) is 16.0. The number of aldehydes is 1. The van der Waals surface area contributed by atoms with Crippen LogP contribution in [0.15, 0.2) is 17.2 Å². The van der Waals surface area contributed by atoms with Crippen LogP contribution in [0.4, 0.5) is 0 Å². The van der Waals surface area contributed by atoms with E-state index >= 15 is 0 Å². The number of carbonyl (C=O) groups is 1. The number of pyridine rings is 1. The fourth-order valence-electron chi connectivity index (χ4n) is 1.24. The van der Waals surface area contributed by atoms with Crippen LogP contribution in [0.2, 0.25) is 0 Å². The number of carbonyl (C=O) groups excluding carboxylic acids is 1. The molecule has 2 nitrogen and oxygen atoms in total. The smallest absolute Gasteiger partial charge is 0.151 e. The molecule has 0 bridgehead atoms. The van der Waals surface area contributed by atoms with E-state index in [2.05, 4.69) is 25.8 Å². The highest BCUT2D eigenvalue weighted by Gasteiger charge is 2.19. The maximum Gasteiger partial charge on any atom is 0.151 e. The molecule has 1 rings (SSSR count). The van der Waals surface area contributed by atoms with Gasteiger partial charge in [0.2, 0.25) is 0 Å². The van der Waals surface area contributed by atoms with Crippen LogP contribution in [0.3, 0.4) is 0 Å². The molecule has 0 aromatic carbocycles. The molecule has 1 aromatic rings. The van der Waals surface area contributed by atoms with Gasteiger partial charge in [0.25, 0.3) is 0 Å². The third kappa shape index (κ3) is 2.35. The van der Waals surface area contributed by atoms with Gasteiger partial charge in [-0.05, 0) is 12.3 Å². The number of hydrogen-bond donors (Lipinski definition) is 0. The summed E-state index contributed by atoms with van der Waals surface area (Å²) in [5.74, 6) is 0. The van der Waals surface area contributed by atoms with Crippen LogP contribution >= 0.6 is 11.8 Å². The van der Waals surface area contributed by atoms with Gasteiger partial charge in [-0.25, -0.2) is 0 Å². The lowest BCUT2D eigenvalue weighted by Gasteiger charge is -2.20. The topological polar surface area (TPSA) is 30.0 Å². The molecule has 14 heavy (non-hydrogen) atoms. The van der Waals surface area contributed by atoms with Crippen LogP contribution in [0.1, 0.15) is 36.8 Å². The predicted octanol–water partition coefficient (Wildman–Crippen LogP) is 2.91.